The zero-order chi connectivity index (χ0) is 16.0. The predicted octanol–water partition coefficient (Wildman–Crippen LogP) is 0.887. The number of aliphatic hydroxyl groups excluding tert-OH is 1. The molecule has 1 unspecified atom stereocenters. The maximum atomic E-state index is 12.5. The highest BCUT2D eigenvalue weighted by molar-refractivity contribution is 7.89. The third kappa shape index (κ3) is 4.52. The van der Waals surface area contributed by atoms with Gasteiger partial charge in [-0.2, -0.15) is 4.31 Å². The molecule has 6 nitrogen and oxygen atoms in total. The van der Waals surface area contributed by atoms with Crippen LogP contribution in [0.15, 0.2) is 29.2 Å². The van der Waals surface area contributed by atoms with Crippen LogP contribution in [-0.4, -0.2) is 43.4 Å². The van der Waals surface area contributed by atoms with Crippen LogP contribution in [0, 0.1) is 0 Å². The van der Waals surface area contributed by atoms with Crippen LogP contribution in [0.3, 0.4) is 0 Å². The molecule has 1 aromatic rings. The Hall–Kier alpha value is -1.44. The molecule has 0 fully saturated rings. The number of amides is 1. The summed E-state index contributed by atoms with van der Waals surface area (Å²) in [4.78, 5) is 11.7. The highest BCUT2D eigenvalue weighted by atomic mass is 32.2. The molecule has 1 atom stereocenters. The first-order chi connectivity index (χ1) is 9.82. The summed E-state index contributed by atoms with van der Waals surface area (Å²) >= 11 is 0. The first-order valence-corrected chi connectivity index (χ1v) is 8.31. The minimum atomic E-state index is -3.72. The van der Waals surface area contributed by atoms with Gasteiger partial charge in [0.25, 0.3) is 0 Å². The molecule has 1 aromatic carbocycles. The smallest absolute Gasteiger partial charge is 0.243 e. The molecule has 0 aliphatic rings. The number of likely N-dealkylation sites (N-methyl/N-ethyl adjacent to an activating group) is 2. The van der Waals surface area contributed by atoms with Crippen molar-refractivity contribution in [2.75, 3.05) is 19.6 Å². The summed E-state index contributed by atoms with van der Waals surface area (Å²) in [5.41, 5.74) is 0.640. The molecular formula is C14H22N2O4S. The van der Waals surface area contributed by atoms with Crippen LogP contribution in [0.2, 0.25) is 0 Å². The summed E-state index contributed by atoms with van der Waals surface area (Å²) in [6.07, 6.45) is -0.653. The molecule has 7 heteroatoms. The Morgan fingerprint density at radius 1 is 1.29 bits per heavy atom. The van der Waals surface area contributed by atoms with E-state index < -0.39 is 16.1 Å². The van der Waals surface area contributed by atoms with Crippen molar-refractivity contribution in [3.63, 3.8) is 0 Å². The monoisotopic (exact) mass is 314 g/mol. The Kier molecular flexibility index (Phi) is 6.32. The van der Waals surface area contributed by atoms with Crippen molar-refractivity contribution in [3.8, 4) is 0 Å². The molecule has 0 radical (unpaired) electrons. The van der Waals surface area contributed by atoms with E-state index in [4.69, 9.17) is 0 Å². The zero-order valence-electron chi connectivity index (χ0n) is 12.5. The molecular weight excluding hydrogens is 292 g/mol. The van der Waals surface area contributed by atoms with Crippen molar-refractivity contribution in [2.24, 2.45) is 0 Å². The lowest BCUT2D eigenvalue weighted by Gasteiger charge is -2.20. The molecule has 0 aliphatic carbocycles. The molecule has 0 heterocycles. The number of nitrogens with one attached hydrogen (secondary N) is 1. The van der Waals surface area contributed by atoms with Gasteiger partial charge in [-0.25, -0.2) is 8.42 Å². The largest absolute Gasteiger partial charge is 0.389 e. The van der Waals surface area contributed by atoms with Crippen molar-refractivity contribution in [2.45, 2.75) is 31.8 Å². The first-order valence-electron chi connectivity index (χ1n) is 6.87. The Morgan fingerprint density at radius 3 is 2.29 bits per heavy atom. The van der Waals surface area contributed by atoms with Crippen LogP contribution >= 0.6 is 0 Å². The number of rotatable bonds is 7. The molecule has 21 heavy (non-hydrogen) atoms. The fourth-order valence-electron chi connectivity index (χ4n) is 1.85. The summed E-state index contributed by atoms with van der Waals surface area (Å²) in [5.74, 6) is -0.330. The summed E-state index contributed by atoms with van der Waals surface area (Å²) in [6.45, 7) is 5.53. The van der Waals surface area contributed by atoms with Crippen LogP contribution in [-0.2, 0) is 14.8 Å². The van der Waals surface area contributed by atoms with E-state index >= 15 is 0 Å². The van der Waals surface area contributed by atoms with E-state index in [1.807, 2.05) is 0 Å². The van der Waals surface area contributed by atoms with Gasteiger partial charge in [-0.1, -0.05) is 19.1 Å². The van der Waals surface area contributed by atoms with E-state index in [1.54, 1.807) is 32.9 Å². The minimum Gasteiger partial charge on any atom is -0.389 e. The molecule has 0 spiro atoms. The molecule has 1 rings (SSSR count). The average Bonchev–Trinajstić information content (AvgIpc) is 2.45. The van der Waals surface area contributed by atoms with E-state index in [9.17, 15) is 18.3 Å². The van der Waals surface area contributed by atoms with Crippen LogP contribution < -0.4 is 5.32 Å². The van der Waals surface area contributed by atoms with Gasteiger partial charge in [0.1, 0.15) is 0 Å². The first kappa shape index (κ1) is 17.6. The topological polar surface area (TPSA) is 86.7 Å². The molecule has 2 N–H and O–H groups in total. The second-order valence-electron chi connectivity index (χ2n) is 4.63. The fourth-order valence-corrected chi connectivity index (χ4v) is 3.25. The quantitative estimate of drug-likeness (QED) is 0.782. The van der Waals surface area contributed by atoms with Crippen LogP contribution in [0.1, 0.15) is 32.4 Å². The third-order valence-corrected chi connectivity index (χ3v) is 4.98. The number of carbonyl (C=O) groups is 1. The lowest BCUT2D eigenvalue weighted by atomic mass is 10.1. The summed E-state index contributed by atoms with van der Waals surface area (Å²) in [6, 6.07) is 6.02. The van der Waals surface area contributed by atoms with Gasteiger partial charge in [-0.05, 0) is 31.5 Å². The Bertz CT molecular complexity index is 567. The van der Waals surface area contributed by atoms with Gasteiger partial charge >= 0.3 is 0 Å². The number of hydrogen-bond donors (Lipinski definition) is 2. The van der Waals surface area contributed by atoms with Crippen molar-refractivity contribution in [1.82, 2.24) is 9.62 Å². The Labute approximate surface area is 125 Å². The second-order valence-corrected chi connectivity index (χ2v) is 6.57. The van der Waals surface area contributed by atoms with Gasteiger partial charge in [0.05, 0.1) is 17.5 Å². The number of hydrogen-bond acceptors (Lipinski definition) is 4. The standard InChI is InChI=1S/C14H22N2O4S/c1-4-15-14(18)10-16(5-2)21(19,20)13-8-6-12(7-9-13)11(3)17/h6-9,11,17H,4-5,10H2,1-3H3,(H,15,18). The Balaban J connectivity index is 2.98. The lowest BCUT2D eigenvalue weighted by molar-refractivity contribution is -0.121. The van der Waals surface area contributed by atoms with Gasteiger partial charge in [-0.15, -0.1) is 0 Å². The van der Waals surface area contributed by atoms with Crippen molar-refractivity contribution >= 4 is 15.9 Å². The fraction of sp³-hybridized carbons (Fsp3) is 0.500. The number of sulfonamides is 1. The second kappa shape index (κ2) is 7.53. The molecule has 0 aromatic heterocycles. The third-order valence-electron chi connectivity index (χ3n) is 3.05. The number of benzene rings is 1. The summed E-state index contributed by atoms with van der Waals surface area (Å²) < 4.78 is 26.1. The SMILES string of the molecule is CCNC(=O)CN(CC)S(=O)(=O)c1ccc(C(C)O)cc1. The molecule has 0 bridgehead atoms. The molecule has 118 valence electrons. The minimum absolute atomic E-state index is 0.109. The van der Waals surface area contributed by atoms with Gasteiger partial charge < -0.3 is 10.4 Å². The molecule has 1 amide bonds. The maximum absolute atomic E-state index is 12.5. The van der Waals surface area contributed by atoms with Crippen LogP contribution in [0.25, 0.3) is 0 Å². The van der Waals surface area contributed by atoms with Crippen molar-refractivity contribution < 1.29 is 18.3 Å². The van der Waals surface area contributed by atoms with E-state index in [-0.39, 0.29) is 23.9 Å². The van der Waals surface area contributed by atoms with Gasteiger partial charge in [0.15, 0.2) is 0 Å². The highest BCUT2D eigenvalue weighted by Crippen LogP contribution is 2.19. The van der Waals surface area contributed by atoms with Gasteiger partial charge in [0, 0.05) is 13.1 Å². The van der Waals surface area contributed by atoms with Gasteiger partial charge in [0.2, 0.25) is 15.9 Å². The average molecular weight is 314 g/mol. The predicted molar refractivity (Wildman–Crippen MR) is 80.2 cm³/mol. The van der Waals surface area contributed by atoms with Crippen LogP contribution in [0.5, 0.6) is 0 Å². The highest BCUT2D eigenvalue weighted by Gasteiger charge is 2.25. The maximum Gasteiger partial charge on any atom is 0.243 e. The Morgan fingerprint density at radius 2 is 1.86 bits per heavy atom. The molecule has 0 saturated carbocycles. The molecule has 0 saturated heterocycles. The van der Waals surface area contributed by atoms with Crippen molar-refractivity contribution in [1.29, 1.82) is 0 Å². The van der Waals surface area contributed by atoms with Gasteiger partial charge in [-0.3, -0.25) is 4.79 Å². The van der Waals surface area contributed by atoms with E-state index in [0.717, 1.165) is 4.31 Å². The number of carbonyl (C=O) groups excluding carboxylic acids is 1. The summed E-state index contributed by atoms with van der Waals surface area (Å²) in [5, 5.41) is 12.0. The van der Waals surface area contributed by atoms with Crippen LogP contribution in [0.4, 0.5) is 0 Å². The summed E-state index contributed by atoms with van der Waals surface area (Å²) in [7, 11) is -3.72. The number of nitrogens with zero attached hydrogens (tertiary/aromatic N) is 1. The lowest BCUT2D eigenvalue weighted by Crippen LogP contribution is -2.40. The normalized spacial score (nSPS) is 13.2. The van der Waals surface area contributed by atoms with Crippen molar-refractivity contribution in [3.05, 3.63) is 29.8 Å². The van der Waals surface area contributed by atoms with E-state index in [2.05, 4.69) is 5.32 Å². The number of aliphatic hydroxyl groups is 1. The molecule has 0 aliphatic heterocycles. The van der Waals surface area contributed by atoms with E-state index in [1.165, 1.54) is 12.1 Å². The van der Waals surface area contributed by atoms with E-state index in [0.29, 0.717) is 12.1 Å². The zero-order valence-corrected chi connectivity index (χ0v) is 13.4.